The summed E-state index contributed by atoms with van der Waals surface area (Å²) in [5.41, 5.74) is 6.27. The van der Waals surface area contributed by atoms with E-state index in [9.17, 15) is 4.39 Å². The highest BCUT2D eigenvalue weighted by Gasteiger charge is 2.35. The van der Waals surface area contributed by atoms with Gasteiger partial charge in [-0.3, -0.25) is 0 Å². The van der Waals surface area contributed by atoms with E-state index in [4.69, 9.17) is 15.2 Å². The maximum atomic E-state index is 14.3. The molecule has 0 amide bonds. The first-order valence-corrected chi connectivity index (χ1v) is 6.31. The average molecular weight is 253 g/mol. The predicted octanol–water partition coefficient (Wildman–Crippen LogP) is 2.96. The zero-order chi connectivity index (χ0) is 13.2. The molecule has 2 N–H and O–H groups in total. The quantitative estimate of drug-likeness (QED) is 0.900. The van der Waals surface area contributed by atoms with Gasteiger partial charge in [0.25, 0.3) is 0 Å². The molecule has 0 bridgehead atoms. The number of benzene rings is 1. The van der Waals surface area contributed by atoms with E-state index in [-0.39, 0.29) is 5.82 Å². The number of methoxy groups -OCH3 is 2. The van der Waals surface area contributed by atoms with Crippen molar-refractivity contribution < 1.29 is 13.9 Å². The van der Waals surface area contributed by atoms with Crippen molar-refractivity contribution in [1.29, 1.82) is 0 Å². The van der Waals surface area contributed by atoms with Gasteiger partial charge in [0.1, 0.15) is 17.3 Å². The van der Waals surface area contributed by atoms with Crippen LogP contribution in [-0.2, 0) is 5.54 Å². The molecule has 2 rings (SSSR count). The second-order valence-corrected chi connectivity index (χ2v) is 4.90. The van der Waals surface area contributed by atoms with Gasteiger partial charge in [0.15, 0.2) is 0 Å². The fourth-order valence-electron chi connectivity index (χ4n) is 2.75. The van der Waals surface area contributed by atoms with E-state index in [0.29, 0.717) is 17.1 Å². The highest BCUT2D eigenvalue weighted by molar-refractivity contribution is 5.46. The largest absolute Gasteiger partial charge is 0.497 e. The smallest absolute Gasteiger partial charge is 0.135 e. The van der Waals surface area contributed by atoms with Crippen LogP contribution in [0.3, 0.4) is 0 Å². The van der Waals surface area contributed by atoms with Crippen LogP contribution >= 0.6 is 0 Å². The third-order valence-electron chi connectivity index (χ3n) is 3.73. The average Bonchev–Trinajstić information content (AvgIpc) is 2.38. The molecule has 3 nitrogen and oxygen atoms in total. The first-order chi connectivity index (χ1) is 8.60. The first kappa shape index (κ1) is 13.1. The van der Waals surface area contributed by atoms with Crippen molar-refractivity contribution in [3.8, 4) is 11.5 Å². The van der Waals surface area contributed by atoms with Crippen LogP contribution in [0.1, 0.15) is 37.7 Å². The van der Waals surface area contributed by atoms with E-state index >= 15 is 0 Å². The summed E-state index contributed by atoms with van der Waals surface area (Å²) in [5.74, 6) is 0.597. The van der Waals surface area contributed by atoms with E-state index in [1.54, 1.807) is 6.07 Å². The van der Waals surface area contributed by atoms with Gasteiger partial charge in [0.2, 0.25) is 0 Å². The van der Waals surface area contributed by atoms with E-state index in [1.807, 2.05) is 0 Å². The van der Waals surface area contributed by atoms with Gasteiger partial charge in [-0.15, -0.1) is 0 Å². The molecule has 1 aromatic rings. The molecule has 0 unspecified atom stereocenters. The maximum Gasteiger partial charge on any atom is 0.135 e. The van der Waals surface area contributed by atoms with Crippen LogP contribution in [0.5, 0.6) is 11.5 Å². The normalized spacial score (nSPS) is 18.4. The summed E-state index contributed by atoms with van der Waals surface area (Å²) >= 11 is 0. The minimum Gasteiger partial charge on any atom is -0.497 e. The van der Waals surface area contributed by atoms with Crippen LogP contribution in [0, 0.1) is 5.82 Å². The van der Waals surface area contributed by atoms with Crippen LogP contribution < -0.4 is 15.2 Å². The second-order valence-electron chi connectivity index (χ2n) is 4.90. The Bertz CT molecular complexity index is 428. The van der Waals surface area contributed by atoms with Crippen molar-refractivity contribution in [1.82, 2.24) is 0 Å². The first-order valence-electron chi connectivity index (χ1n) is 6.31. The van der Waals surface area contributed by atoms with Crippen molar-refractivity contribution >= 4 is 0 Å². The van der Waals surface area contributed by atoms with Gasteiger partial charge in [0, 0.05) is 23.2 Å². The Morgan fingerprint density at radius 1 is 1.11 bits per heavy atom. The molecule has 0 saturated heterocycles. The van der Waals surface area contributed by atoms with Crippen LogP contribution in [-0.4, -0.2) is 14.2 Å². The molecule has 0 heterocycles. The number of nitrogens with two attached hydrogens (primary N) is 1. The summed E-state index contributed by atoms with van der Waals surface area (Å²) < 4.78 is 24.6. The zero-order valence-corrected chi connectivity index (χ0v) is 11.0. The highest BCUT2D eigenvalue weighted by atomic mass is 19.1. The van der Waals surface area contributed by atoms with Crippen molar-refractivity contribution in [2.24, 2.45) is 5.73 Å². The molecule has 0 aromatic heterocycles. The van der Waals surface area contributed by atoms with Crippen LogP contribution in [0.4, 0.5) is 4.39 Å². The topological polar surface area (TPSA) is 44.5 Å². The Morgan fingerprint density at radius 2 is 1.78 bits per heavy atom. The number of halogens is 1. The molecule has 100 valence electrons. The second kappa shape index (κ2) is 5.14. The molecule has 1 fully saturated rings. The number of rotatable bonds is 3. The minimum absolute atomic E-state index is 0.337. The highest BCUT2D eigenvalue weighted by Crippen LogP contribution is 2.42. The van der Waals surface area contributed by atoms with Crippen molar-refractivity contribution in [3.05, 3.63) is 23.5 Å². The Balaban J connectivity index is 2.48. The lowest BCUT2D eigenvalue weighted by atomic mass is 9.77. The van der Waals surface area contributed by atoms with Gasteiger partial charge in [-0.25, -0.2) is 4.39 Å². The molecule has 4 heteroatoms. The molecular formula is C14H20FNO2. The molecule has 0 atom stereocenters. The minimum atomic E-state index is -0.611. The van der Waals surface area contributed by atoms with E-state index in [2.05, 4.69) is 0 Å². The standard InChI is InChI=1S/C14H20FNO2/c1-17-10-8-11(15)13(12(9-10)18-2)14(16)6-4-3-5-7-14/h8-9H,3-7,16H2,1-2H3. The van der Waals surface area contributed by atoms with Crippen molar-refractivity contribution in [2.45, 2.75) is 37.6 Å². The molecule has 1 aromatic carbocycles. The van der Waals surface area contributed by atoms with E-state index in [1.165, 1.54) is 26.7 Å². The van der Waals surface area contributed by atoms with Crippen LogP contribution in [0.15, 0.2) is 12.1 Å². The zero-order valence-electron chi connectivity index (χ0n) is 11.0. The Kier molecular flexibility index (Phi) is 3.76. The Hall–Kier alpha value is -1.29. The van der Waals surface area contributed by atoms with Crippen molar-refractivity contribution in [2.75, 3.05) is 14.2 Å². The molecular weight excluding hydrogens is 233 g/mol. The molecule has 0 spiro atoms. The van der Waals surface area contributed by atoms with Gasteiger partial charge < -0.3 is 15.2 Å². The van der Waals surface area contributed by atoms with Crippen LogP contribution in [0.25, 0.3) is 0 Å². The molecule has 0 aliphatic heterocycles. The van der Waals surface area contributed by atoms with E-state index in [0.717, 1.165) is 25.7 Å². The lowest BCUT2D eigenvalue weighted by molar-refractivity contribution is 0.277. The summed E-state index contributed by atoms with van der Waals surface area (Å²) in [6.45, 7) is 0. The number of hydrogen-bond donors (Lipinski definition) is 1. The fraction of sp³-hybridized carbons (Fsp3) is 0.571. The van der Waals surface area contributed by atoms with Gasteiger partial charge in [-0.1, -0.05) is 19.3 Å². The molecule has 1 aliphatic carbocycles. The van der Waals surface area contributed by atoms with E-state index < -0.39 is 5.54 Å². The summed E-state index contributed by atoms with van der Waals surface area (Å²) in [6, 6.07) is 3.07. The third kappa shape index (κ3) is 2.29. The van der Waals surface area contributed by atoms with Crippen LogP contribution in [0.2, 0.25) is 0 Å². The SMILES string of the molecule is COc1cc(F)c(C2(N)CCCCC2)c(OC)c1. The molecule has 1 saturated carbocycles. The summed E-state index contributed by atoms with van der Waals surface area (Å²) in [5, 5.41) is 0. The molecule has 1 aliphatic rings. The number of hydrogen-bond acceptors (Lipinski definition) is 3. The number of ether oxygens (including phenoxy) is 2. The monoisotopic (exact) mass is 253 g/mol. The lowest BCUT2D eigenvalue weighted by Crippen LogP contribution is -2.39. The van der Waals surface area contributed by atoms with Gasteiger partial charge >= 0.3 is 0 Å². The Morgan fingerprint density at radius 3 is 2.33 bits per heavy atom. The summed E-state index contributed by atoms with van der Waals surface area (Å²) in [6.07, 6.45) is 4.83. The van der Waals surface area contributed by atoms with Gasteiger partial charge in [0.05, 0.1) is 14.2 Å². The molecule has 0 radical (unpaired) electrons. The lowest BCUT2D eigenvalue weighted by Gasteiger charge is -2.35. The maximum absolute atomic E-state index is 14.3. The fourth-order valence-corrected chi connectivity index (χ4v) is 2.75. The summed E-state index contributed by atoms with van der Waals surface area (Å²) in [4.78, 5) is 0. The Labute approximate surface area is 107 Å². The predicted molar refractivity (Wildman–Crippen MR) is 68.5 cm³/mol. The molecule has 18 heavy (non-hydrogen) atoms. The third-order valence-corrected chi connectivity index (χ3v) is 3.73. The summed E-state index contributed by atoms with van der Waals surface area (Å²) in [7, 11) is 3.04. The van der Waals surface area contributed by atoms with Gasteiger partial charge in [-0.05, 0) is 12.8 Å². The van der Waals surface area contributed by atoms with Gasteiger partial charge in [-0.2, -0.15) is 0 Å². The van der Waals surface area contributed by atoms with Crippen molar-refractivity contribution in [3.63, 3.8) is 0 Å².